The molecule has 2 N–H and O–H groups in total. The number of nitrogens with one attached hydrogen (secondary N) is 1. The Labute approximate surface area is 129 Å². The van der Waals surface area contributed by atoms with Crippen molar-refractivity contribution in [3.8, 4) is 0 Å². The van der Waals surface area contributed by atoms with E-state index in [0.29, 0.717) is 12.8 Å². The molecule has 0 aliphatic carbocycles. The number of aromatic amines is 1. The van der Waals surface area contributed by atoms with Crippen LogP contribution in [-0.4, -0.2) is 16.1 Å². The van der Waals surface area contributed by atoms with Gasteiger partial charge in [0.15, 0.2) is 0 Å². The molecule has 0 aliphatic rings. The first kappa shape index (κ1) is 14.4. The Morgan fingerprint density at radius 3 is 2.45 bits per heavy atom. The minimum Gasteiger partial charge on any atom is -0.481 e. The molecule has 2 aromatic carbocycles. The third-order valence-corrected chi connectivity index (χ3v) is 4.47. The Morgan fingerprint density at radius 2 is 1.77 bits per heavy atom. The van der Waals surface area contributed by atoms with Crippen molar-refractivity contribution in [2.75, 3.05) is 0 Å². The monoisotopic (exact) mass is 293 g/mol. The molecule has 0 spiro atoms. The second-order valence-electron chi connectivity index (χ2n) is 5.65. The van der Waals surface area contributed by atoms with Crippen molar-refractivity contribution in [3.05, 3.63) is 71.9 Å². The fourth-order valence-corrected chi connectivity index (χ4v) is 3.16. The number of aromatic nitrogens is 1. The van der Waals surface area contributed by atoms with Crippen LogP contribution in [0.25, 0.3) is 10.9 Å². The van der Waals surface area contributed by atoms with Crippen molar-refractivity contribution in [1.82, 2.24) is 4.98 Å². The topological polar surface area (TPSA) is 53.1 Å². The number of H-pyrrole nitrogens is 1. The summed E-state index contributed by atoms with van der Waals surface area (Å²) in [6.45, 7) is 1.94. The van der Waals surface area contributed by atoms with Crippen molar-refractivity contribution < 1.29 is 9.90 Å². The van der Waals surface area contributed by atoms with Gasteiger partial charge >= 0.3 is 5.97 Å². The number of carboxylic acid groups (broad SMARTS) is 1. The number of carbonyl (C=O) groups is 1. The zero-order valence-corrected chi connectivity index (χ0v) is 12.5. The lowest BCUT2D eigenvalue weighted by Crippen LogP contribution is -2.37. The number of hydrogen-bond donors (Lipinski definition) is 2. The minimum atomic E-state index is -0.916. The van der Waals surface area contributed by atoms with E-state index in [9.17, 15) is 9.90 Å². The van der Waals surface area contributed by atoms with Crippen molar-refractivity contribution in [3.63, 3.8) is 0 Å². The highest BCUT2D eigenvalue weighted by molar-refractivity contribution is 5.92. The standard InChI is InChI=1S/C19H19NO2/c1-2-19(18(21)22,12-14-8-4-3-5-9-14)16-13-20-17-11-7-6-10-15(16)17/h3-11,13,20H,2,12H2,1H3,(H,21,22). The number of fused-ring (bicyclic) bond motifs is 1. The molecule has 3 rings (SSSR count). The van der Waals surface area contributed by atoms with Crippen LogP contribution in [-0.2, 0) is 16.6 Å². The molecule has 1 unspecified atom stereocenters. The molecule has 1 aromatic heterocycles. The zero-order chi connectivity index (χ0) is 15.6. The molecular weight excluding hydrogens is 274 g/mol. The summed E-state index contributed by atoms with van der Waals surface area (Å²) in [4.78, 5) is 15.4. The summed E-state index contributed by atoms with van der Waals surface area (Å²) in [5.41, 5.74) is 1.96. The second-order valence-corrected chi connectivity index (χ2v) is 5.65. The van der Waals surface area contributed by atoms with Gasteiger partial charge in [0.05, 0.1) is 5.41 Å². The maximum absolute atomic E-state index is 12.2. The maximum atomic E-state index is 12.2. The number of hydrogen-bond acceptors (Lipinski definition) is 1. The second kappa shape index (κ2) is 5.68. The van der Waals surface area contributed by atoms with E-state index in [2.05, 4.69) is 4.98 Å². The van der Waals surface area contributed by atoms with Crippen LogP contribution in [0, 0.1) is 0 Å². The van der Waals surface area contributed by atoms with E-state index in [1.165, 1.54) is 0 Å². The summed E-state index contributed by atoms with van der Waals surface area (Å²) in [5, 5.41) is 11.0. The summed E-state index contributed by atoms with van der Waals surface area (Å²) in [6, 6.07) is 17.7. The van der Waals surface area contributed by atoms with Gasteiger partial charge in [-0.1, -0.05) is 55.5 Å². The number of para-hydroxylation sites is 1. The highest BCUT2D eigenvalue weighted by Crippen LogP contribution is 2.37. The summed E-state index contributed by atoms with van der Waals surface area (Å²) >= 11 is 0. The van der Waals surface area contributed by atoms with Crippen LogP contribution in [0.4, 0.5) is 0 Å². The quantitative estimate of drug-likeness (QED) is 0.742. The number of carboxylic acids is 1. The number of aliphatic carboxylic acids is 1. The first-order chi connectivity index (χ1) is 10.7. The molecule has 3 aromatic rings. The van der Waals surface area contributed by atoms with Gasteiger partial charge in [-0.15, -0.1) is 0 Å². The van der Waals surface area contributed by atoms with E-state index in [-0.39, 0.29) is 0 Å². The summed E-state index contributed by atoms with van der Waals surface area (Å²) < 4.78 is 0. The highest BCUT2D eigenvalue weighted by atomic mass is 16.4. The molecule has 0 bridgehead atoms. The molecule has 0 saturated heterocycles. The minimum absolute atomic E-state index is 0.488. The lowest BCUT2D eigenvalue weighted by molar-refractivity contribution is -0.144. The van der Waals surface area contributed by atoms with E-state index < -0.39 is 11.4 Å². The number of rotatable bonds is 5. The predicted molar refractivity (Wildman–Crippen MR) is 88.0 cm³/mol. The molecular formula is C19H19NO2. The molecule has 0 aliphatic heterocycles. The van der Waals surface area contributed by atoms with E-state index in [1.54, 1.807) is 0 Å². The Morgan fingerprint density at radius 1 is 1.09 bits per heavy atom. The Balaban J connectivity index is 2.16. The van der Waals surface area contributed by atoms with Gasteiger partial charge in [0.25, 0.3) is 0 Å². The molecule has 0 amide bonds. The Kier molecular flexibility index (Phi) is 3.72. The van der Waals surface area contributed by atoms with Gasteiger partial charge in [0, 0.05) is 17.1 Å². The Bertz CT molecular complexity index is 791. The van der Waals surface area contributed by atoms with Crippen molar-refractivity contribution in [2.45, 2.75) is 25.2 Å². The SMILES string of the molecule is CCC(Cc1ccccc1)(C(=O)O)c1c[nH]c2ccccc12. The normalized spacial score (nSPS) is 13.9. The van der Waals surface area contributed by atoms with Gasteiger partial charge in [0.1, 0.15) is 0 Å². The molecule has 22 heavy (non-hydrogen) atoms. The average molecular weight is 293 g/mol. The molecule has 112 valence electrons. The smallest absolute Gasteiger partial charge is 0.314 e. The zero-order valence-electron chi connectivity index (χ0n) is 12.5. The third kappa shape index (κ3) is 2.29. The van der Waals surface area contributed by atoms with E-state index >= 15 is 0 Å². The predicted octanol–water partition coefficient (Wildman–Crippen LogP) is 4.14. The molecule has 0 saturated carbocycles. The van der Waals surface area contributed by atoms with Crippen LogP contribution < -0.4 is 0 Å². The van der Waals surface area contributed by atoms with Crippen molar-refractivity contribution in [1.29, 1.82) is 0 Å². The average Bonchev–Trinajstić information content (AvgIpc) is 2.98. The van der Waals surface area contributed by atoms with Gasteiger partial charge in [-0.2, -0.15) is 0 Å². The van der Waals surface area contributed by atoms with Gasteiger partial charge in [-0.05, 0) is 30.0 Å². The first-order valence-corrected chi connectivity index (χ1v) is 7.51. The van der Waals surface area contributed by atoms with Crippen molar-refractivity contribution >= 4 is 16.9 Å². The van der Waals surface area contributed by atoms with E-state index in [1.807, 2.05) is 67.7 Å². The maximum Gasteiger partial charge on any atom is 0.314 e. The molecule has 3 heteroatoms. The van der Waals surface area contributed by atoms with Crippen LogP contribution >= 0.6 is 0 Å². The van der Waals surface area contributed by atoms with Crippen molar-refractivity contribution in [2.24, 2.45) is 0 Å². The fraction of sp³-hybridized carbons (Fsp3) is 0.211. The summed E-state index contributed by atoms with van der Waals surface area (Å²) in [6.07, 6.45) is 2.88. The van der Waals surface area contributed by atoms with Crippen LogP contribution in [0.1, 0.15) is 24.5 Å². The largest absolute Gasteiger partial charge is 0.481 e. The van der Waals surface area contributed by atoms with Gasteiger partial charge in [0.2, 0.25) is 0 Å². The lowest BCUT2D eigenvalue weighted by atomic mass is 9.73. The van der Waals surface area contributed by atoms with Crippen LogP contribution in [0.15, 0.2) is 60.8 Å². The van der Waals surface area contributed by atoms with E-state index in [4.69, 9.17) is 0 Å². The van der Waals surface area contributed by atoms with Gasteiger partial charge < -0.3 is 10.1 Å². The van der Waals surface area contributed by atoms with Gasteiger partial charge in [-0.25, -0.2) is 0 Å². The lowest BCUT2D eigenvalue weighted by Gasteiger charge is -2.28. The van der Waals surface area contributed by atoms with Crippen LogP contribution in [0.3, 0.4) is 0 Å². The summed E-state index contributed by atoms with van der Waals surface area (Å²) in [5.74, 6) is -0.774. The van der Waals surface area contributed by atoms with E-state index in [0.717, 1.165) is 22.0 Å². The molecule has 0 fully saturated rings. The van der Waals surface area contributed by atoms with Crippen LogP contribution in [0.5, 0.6) is 0 Å². The molecule has 0 radical (unpaired) electrons. The molecule has 3 nitrogen and oxygen atoms in total. The fourth-order valence-electron chi connectivity index (χ4n) is 3.16. The molecule has 1 heterocycles. The number of benzene rings is 2. The first-order valence-electron chi connectivity index (χ1n) is 7.51. The summed E-state index contributed by atoms with van der Waals surface area (Å²) in [7, 11) is 0. The highest BCUT2D eigenvalue weighted by Gasteiger charge is 2.40. The third-order valence-electron chi connectivity index (χ3n) is 4.47. The van der Waals surface area contributed by atoms with Crippen LogP contribution in [0.2, 0.25) is 0 Å². The van der Waals surface area contributed by atoms with Gasteiger partial charge in [-0.3, -0.25) is 4.79 Å². The molecule has 1 atom stereocenters. The Hall–Kier alpha value is -2.55.